The van der Waals surface area contributed by atoms with Crippen molar-refractivity contribution in [2.45, 2.75) is 38.6 Å². The molecule has 3 rings (SSSR count). The Balaban J connectivity index is 1.50. The van der Waals surface area contributed by atoms with Crippen LogP contribution in [0.15, 0.2) is 30.3 Å². The van der Waals surface area contributed by atoms with Crippen molar-refractivity contribution in [2.24, 2.45) is 0 Å². The lowest BCUT2D eigenvalue weighted by Crippen LogP contribution is -2.45. The van der Waals surface area contributed by atoms with Crippen molar-refractivity contribution < 1.29 is 19.4 Å². The van der Waals surface area contributed by atoms with Crippen LogP contribution in [0, 0.1) is 0 Å². The summed E-state index contributed by atoms with van der Waals surface area (Å²) in [7, 11) is 0. The molecule has 26 heavy (non-hydrogen) atoms. The van der Waals surface area contributed by atoms with E-state index >= 15 is 0 Å². The molecule has 2 heterocycles. The number of carbonyl (C=O) groups is 2. The quantitative estimate of drug-likeness (QED) is 0.667. The predicted octanol–water partition coefficient (Wildman–Crippen LogP) is -0.0184. The number of aliphatic hydroxyl groups excluding tert-OH is 1. The standard InChI is InChI=1S/C17H21N5O4/c1-11(23)22-9-12(24)7-14(22)17(25)18-8-15-19-16(21-20-15)10-26-13-5-3-2-4-6-13/h2-6,12,14,24H,7-10H2,1H3,(H,18,25)(H,19,20,21)/t12-,14-/m1/s1. The van der Waals surface area contributed by atoms with Crippen LogP contribution in [0.4, 0.5) is 0 Å². The molecule has 0 saturated carbocycles. The number of aliphatic hydroxyl groups is 1. The molecule has 0 aliphatic carbocycles. The van der Waals surface area contributed by atoms with Gasteiger partial charge in [0.25, 0.3) is 0 Å². The first-order chi connectivity index (χ1) is 12.5. The molecule has 2 amide bonds. The summed E-state index contributed by atoms with van der Waals surface area (Å²) >= 11 is 0. The van der Waals surface area contributed by atoms with E-state index in [4.69, 9.17) is 4.74 Å². The first-order valence-corrected chi connectivity index (χ1v) is 8.34. The Hall–Kier alpha value is -2.94. The molecule has 0 unspecified atom stereocenters. The Kier molecular flexibility index (Phi) is 5.47. The Morgan fingerprint density at radius 3 is 2.88 bits per heavy atom. The van der Waals surface area contributed by atoms with Gasteiger partial charge in [-0.15, -0.1) is 0 Å². The monoisotopic (exact) mass is 359 g/mol. The van der Waals surface area contributed by atoms with Crippen LogP contribution in [0.5, 0.6) is 5.75 Å². The molecule has 2 aromatic rings. The molecular formula is C17H21N5O4. The normalized spacial score (nSPS) is 19.4. The van der Waals surface area contributed by atoms with E-state index in [2.05, 4.69) is 20.5 Å². The first-order valence-electron chi connectivity index (χ1n) is 8.34. The van der Waals surface area contributed by atoms with E-state index in [1.54, 1.807) is 0 Å². The Morgan fingerprint density at radius 1 is 1.38 bits per heavy atom. The summed E-state index contributed by atoms with van der Waals surface area (Å²) in [5, 5.41) is 19.2. The molecule has 1 aromatic carbocycles. The number of nitrogens with zero attached hydrogens (tertiary/aromatic N) is 3. The van der Waals surface area contributed by atoms with Gasteiger partial charge in [-0.3, -0.25) is 14.7 Å². The number of hydrogen-bond acceptors (Lipinski definition) is 6. The summed E-state index contributed by atoms with van der Waals surface area (Å²) in [6, 6.07) is 8.67. The van der Waals surface area contributed by atoms with E-state index < -0.39 is 12.1 Å². The number of H-pyrrole nitrogens is 1. The van der Waals surface area contributed by atoms with Crippen molar-refractivity contribution in [2.75, 3.05) is 6.54 Å². The van der Waals surface area contributed by atoms with Gasteiger partial charge in [0.05, 0.1) is 12.6 Å². The second-order valence-corrected chi connectivity index (χ2v) is 6.09. The van der Waals surface area contributed by atoms with E-state index in [9.17, 15) is 14.7 Å². The highest BCUT2D eigenvalue weighted by Gasteiger charge is 2.37. The molecule has 138 valence electrons. The third-order valence-electron chi connectivity index (χ3n) is 4.10. The molecule has 1 fully saturated rings. The van der Waals surface area contributed by atoms with Gasteiger partial charge in [-0.2, -0.15) is 5.10 Å². The van der Waals surface area contributed by atoms with Crippen molar-refractivity contribution in [3.8, 4) is 5.75 Å². The average molecular weight is 359 g/mol. The van der Waals surface area contributed by atoms with Crippen LogP contribution in [-0.2, 0) is 22.7 Å². The van der Waals surface area contributed by atoms with Crippen LogP contribution in [0.3, 0.4) is 0 Å². The van der Waals surface area contributed by atoms with Crippen molar-refractivity contribution in [1.82, 2.24) is 25.4 Å². The zero-order chi connectivity index (χ0) is 18.5. The predicted molar refractivity (Wildman–Crippen MR) is 90.8 cm³/mol. The number of carbonyl (C=O) groups excluding carboxylic acids is 2. The zero-order valence-electron chi connectivity index (χ0n) is 14.4. The molecule has 1 aliphatic rings. The maximum atomic E-state index is 12.3. The van der Waals surface area contributed by atoms with Crippen molar-refractivity contribution in [1.29, 1.82) is 0 Å². The highest BCUT2D eigenvalue weighted by Crippen LogP contribution is 2.18. The second-order valence-electron chi connectivity index (χ2n) is 6.09. The van der Waals surface area contributed by atoms with Gasteiger partial charge in [0.2, 0.25) is 11.8 Å². The van der Waals surface area contributed by atoms with Gasteiger partial charge in [0.1, 0.15) is 18.4 Å². The summed E-state index contributed by atoms with van der Waals surface area (Å²) in [6.07, 6.45) is -0.449. The van der Waals surface area contributed by atoms with Gasteiger partial charge in [0.15, 0.2) is 11.6 Å². The lowest BCUT2D eigenvalue weighted by atomic mass is 10.2. The highest BCUT2D eigenvalue weighted by molar-refractivity contribution is 5.87. The number of amides is 2. The molecule has 2 atom stereocenters. The van der Waals surface area contributed by atoms with Gasteiger partial charge in [-0.05, 0) is 12.1 Å². The number of aromatic nitrogens is 3. The number of likely N-dealkylation sites (tertiary alicyclic amines) is 1. The average Bonchev–Trinajstić information content (AvgIpc) is 3.25. The fourth-order valence-electron chi connectivity index (χ4n) is 2.84. The molecule has 1 aliphatic heterocycles. The third kappa shape index (κ3) is 4.37. The molecule has 9 nitrogen and oxygen atoms in total. The summed E-state index contributed by atoms with van der Waals surface area (Å²) < 4.78 is 5.57. The van der Waals surface area contributed by atoms with Crippen LogP contribution in [-0.4, -0.2) is 55.7 Å². The number of aromatic amines is 1. The molecule has 1 saturated heterocycles. The number of para-hydroxylation sites is 1. The van der Waals surface area contributed by atoms with Crippen LogP contribution in [0.2, 0.25) is 0 Å². The topological polar surface area (TPSA) is 120 Å². The molecule has 9 heteroatoms. The lowest BCUT2D eigenvalue weighted by molar-refractivity contribution is -0.137. The Labute approximate surface area is 150 Å². The van der Waals surface area contributed by atoms with Gasteiger partial charge < -0.3 is 20.1 Å². The van der Waals surface area contributed by atoms with E-state index in [1.165, 1.54) is 11.8 Å². The van der Waals surface area contributed by atoms with E-state index in [0.29, 0.717) is 11.6 Å². The fraction of sp³-hybridized carbons (Fsp3) is 0.412. The number of ether oxygens (including phenoxy) is 1. The summed E-state index contributed by atoms with van der Waals surface area (Å²) in [4.78, 5) is 29.5. The molecule has 1 aromatic heterocycles. The molecule has 0 spiro atoms. The molecule has 3 N–H and O–H groups in total. The van der Waals surface area contributed by atoms with Crippen LogP contribution in [0.1, 0.15) is 25.0 Å². The number of β-amino-alcohol motifs (C(OH)–C–C–N with tert-alkyl or cyclic N) is 1. The Bertz CT molecular complexity index is 764. The van der Waals surface area contributed by atoms with Gasteiger partial charge in [-0.1, -0.05) is 18.2 Å². The van der Waals surface area contributed by atoms with Gasteiger partial charge in [-0.25, -0.2) is 4.98 Å². The smallest absolute Gasteiger partial charge is 0.243 e. The van der Waals surface area contributed by atoms with Crippen molar-refractivity contribution >= 4 is 11.8 Å². The maximum absolute atomic E-state index is 12.3. The highest BCUT2D eigenvalue weighted by atomic mass is 16.5. The molecule has 0 bridgehead atoms. The van der Waals surface area contributed by atoms with Crippen LogP contribution >= 0.6 is 0 Å². The Morgan fingerprint density at radius 2 is 2.15 bits per heavy atom. The van der Waals surface area contributed by atoms with E-state index in [0.717, 1.165) is 5.75 Å². The minimum Gasteiger partial charge on any atom is -0.486 e. The minimum atomic E-state index is -0.681. The van der Waals surface area contributed by atoms with Gasteiger partial charge >= 0.3 is 0 Å². The maximum Gasteiger partial charge on any atom is 0.243 e. The molecular weight excluding hydrogens is 338 g/mol. The number of benzene rings is 1. The first kappa shape index (κ1) is 17.9. The SMILES string of the molecule is CC(=O)N1C[C@H](O)C[C@@H]1C(=O)NCc1n[nH]c(COc2ccccc2)n1. The number of hydrogen-bond donors (Lipinski definition) is 3. The summed E-state index contributed by atoms with van der Waals surface area (Å²) in [5.74, 6) is 1.11. The summed E-state index contributed by atoms with van der Waals surface area (Å²) in [6.45, 7) is 1.92. The molecule has 0 radical (unpaired) electrons. The van der Waals surface area contributed by atoms with E-state index in [1.807, 2.05) is 30.3 Å². The van der Waals surface area contributed by atoms with Crippen LogP contribution in [0.25, 0.3) is 0 Å². The number of rotatable bonds is 6. The van der Waals surface area contributed by atoms with Crippen molar-refractivity contribution in [3.05, 3.63) is 42.0 Å². The number of nitrogens with one attached hydrogen (secondary N) is 2. The second kappa shape index (κ2) is 7.96. The fourth-order valence-corrected chi connectivity index (χ4v) is 2.84. The lowest BCUT2D eigenvalue weighted by Gasteiger charge is -2.21. The largest absolute Gasteiger partial charge is 0.486 e. The van der Waals surface area contributed by atoms with Gasteiger partial charge in [0, 0.05) is 19.9 Å². The zero-order valence-corrected chi connectivity index (χ0v) is 14.4. The van der Waals surface area contributed by atoms with Crippen molar-refractivity contribution in [3.63, 3.8) is 0 Å². The third-order valence-corrected chi connectivity index (χ3v) is 4.10. The van der Waals surface area contributed by atoms with E-state index in [-0.39, 0.29) is 37.9 Å². The summed E-state index contributed by atoms with van der Waals surface area (Å²) in [5.41, 5.74) is 0. The van der Waals surface area contributed by atoms with Crippen LogP contribution < -0.4 is 10.1 Å². The minimum absolute atomic E-state index is 0.124.